The Kier molecular flexibility index (Phi) is 4.74. The molecule has 1 aliphatic rings. The molecule has 1 amide bonds. The molecule has 1 aliphatic heterocycles. The first kappa shape index (κ1) is 17.9. The van der Waals surface area contributed by atoms with Gasteiger partial charge in [-0.15, -0.1) is 0 Å². The van der Waals surface area contributed by atoms with Crippen LogP contribution in [0.15, 0.2) is 0 Å². The number of amides is 1. The quantitative estimate of drug-likeness (QED) is 0.755. The molecule has 0 aliphatic carbocycles. The van der Waals surface area contributed by atoms with Crippen LogP contribution in [0.5, 0.6) is 0 Å². The second kappa shape index (κ2) is 5.57. The first-order valence-corrected chi connectivity index (χ1v) is 8.40. The van der Waals surface area contributed by atoms with E-state index in [1.165, 1.54) is 0 Å². The maximum Gasteiger partial charge on any atom is 0.327 e. The molecule has 1 rings (SSSR count). The van der Waals surface area contributed by atoms with Crippen molar-refractivity contribution in [3.8, 4) is 0 Å². The molecule has 0 saturated carbocycles. The number of carbonyl (C=O) groups is 2. The summed E-state index contributed by atoms with van der Waals surface area (Å²) in [5.41, 5.74) is -1.49. The normalized spacial score (nSPS) is 25.3. The Labute approximate surface area is 125 Å². The largest absolute Gasteiger partial charge is 0.480 e. The summed E-state index contributed by atoms with van der Waals surface area (Å²) in [5.74, 6) is -2.60. The predicted molar refractivity (Wildman–Crippen MR) is 76.7 cm³/mol. The molecule has 1 fully saturated rings. The van der Waals surface area contributed by atoms with E-state index in [-0.39, 0.29) is 6.42 Å². The van der Waals surface area contributed by atoms with Crippen LogP contribution in [0.25, 0.3) is 0 Å². The summed E-state index contributed by atoms with van der Waals surface area (Å²) >= 11 is 0. The van der Waals surface area contributed by atoms with Crippen LogP contribution < -0.4 is 5.32 Å². The Morgan fingerprint density at radius 3 is 2.19 bits per heavy atom. The zero-order valence-corrected chi connectivity index (χ0v) is 13.8. The van der Waals surface area contributed by atoms with Gasteiger partial charge in [-0.1, -0.05) is 0 Å². The van der Waals surface area contributed by atoms with Crippen LogP contribution in [0.1, 0.15) is 41.0 Å². The van der Waals surface area contributed by atoms with Crippen molar-refractivity contribution in [3.63, 3.8) is 0 Å². The average Bonchev–Trinajstić information content (AvgIpc) is 2.45. The molecule has 8 heteroatoms. The minimum absolute atomic E-state index is 0.286. The molecule has 122 valence electrons. The van der Waals surface area contributed by atoms with Gasteiger partial charge >= 0.3 is 5.97 Å². The highest BCUT2D eigenvalue weighted by Gasteiger charge is 2.52. The number of rotatable bonds is 5. The lowest BCUT2D eigenvalue weighted by Crippen LogP contribution is -2.49. The maximum atomic E-state index is 12.5. The van der Waals surface area contributed by atoms with Gasteiger partial charge in [0.05, 0.1) is 22.2 Å². The van der Waals surface area contributed by atoms with Crippen LogP contribution >= 0.6 is 0 Å². The number of ether oxygens (including phenoxy) is 1. The van der Waals surface area contributed by atoms with E-state index in [2.05, 4.69) is 5.32 Å². The van der Waals surface area contributed by atoms with E-state index in [1.807, 2.05) is 0 Å². The van der Waals surface area contributed by atoms with Crippen molar-refractivity contribution in [3.05, 3.63) is 0 Å². The van der Waals surface area contributed by atoms with E-state index in [0.717, 1.165) is 6.92 Å². The minimum Gasteiger partial charge on any atom is -0.480 e. The van der Waals surface area contributed by atoms with Gasteiger partial charge < -0.3 is 15.2 Å². The lowest BCUT2D eigenvalue weighted by molar-refractivity contribution is -0.140. The number of carbonyl (C=O) groups excluding carboxylic acids is 1. The zero-order chi connectivity index (χ0) is 16.6. The van der Waals surface area contributed by atoms with Crippen LogP contribution in [-0.2, 0) is 24.2 Å². The molecule has 7 nitrogen and oxygen atoms in total. The number of sulfone groups is 1. The summed E-state index contributed by atoms with van der Waals surface area (Å²) in [5, 5.41) is 10.4. The molecule has 0 aromatic carbocycles. The standard InChI is InChI=1S/C13H23NO6S/c1-8(15)14-9(11(16)17)7-21(18,19)10-6-12(2,3)20-13(10,4)5/h9-10H,6-7H2,1-5H3,(H,14,15)(H,16,17)/t9-,10?/m0/s1. The van der Waals surface area contributed by atoms with E-state index < -0.39 is 50.0 Å². The van der Waals surface area contributed by atoms with Gasteiger partial charge in [0, 0.05) is 6.92 Å². The fourth-order valence-corrected chi connectivity index (χ4v) is 5.33. The lowest BCUT2D eigenvalue weighted by atomic mass is 10.0. The van der Waals surface area contributed by atoms with E-state index in [4.69, 9.17) is 9.84 Å². The topological polar surface area (TPSA) is 110 Å². The highest BCUT2D eigenvalue weighted by atomic mass is 32.2. The Balaban J connectivity index is 3.00. The SMILES string of the molecule is CC(=O)N[C@@H](CS(=O)(=O)C1CC(C)(C)OC1(C)C)C(=O)O. The van der Waals surface area contributed by atoms with Gasteiger partial charge in [-0.05, 0) is 34.1 Å². The van der Waals surface area contributed by atoms with E-state index in [1.54, 1.807) is 27.7 Å². The smallest absolute Gasteiger partial charge is 0.327 e. The number of carboxylic acid groups (broad SMARTS) is 1. The Morgan fingerprint density at radius 2 is 1.86 bits per heavy atom. The van der Waals surface area contributed by atoms with Gasteiger partial charge in [-0.25, -0.2) is 13.2 Å². The van der Waals surface area contributed by atoms with Crippen LogP contribution in [0, 0.1) is 0 Å². The summed E-state index contributed by atoms with van der Waals surface area (Å²) in [6.45, 7) is 8.10. The fourth-order valence-electron chi connectivity index (χ4n) is 2.84. The molecular formula is C13H23NO6S. The highest BCUT2D eigenvalue weighted by Crippen LogP contribution is 2.41. The molecule has 0 aromatic rings. The van der Waals surface area contributed by atoms with Crippen molar-refractivity contribution in [2.45, 2.75) is 63.5 Å². The predicted octanol–water partition coefficient (Wildman–Crippen LogP) is 0.337. The summed E-state index contributed by atoms with van der Waals surface area (Å²) in [6.07, 6.45) is 0.286. The van der Waals surface area contributed by atoms with Crippen molar-refractivity contribution in [2.24, 2.45) is 0 Å². The monoisotopic (exact) mass is 321 g/mol. The van der Waals surface area contributed by atoms with E-state index in [0.29, 0.717) is 0 Å². The van der Waals surface area contributed by atoms with Crippen LogP contribution in [0.2, 0.25) is 0 Å². The molecule has 21 heavy (non-hydrogen) atoms. The molecule has 1 saturated heterocycles. The highest BCUT2D eigenvalue weighted by molar-refractivity contribution is 7.92. The second-order valence-corrected chi connectivity index (χ2v) is 8.81. The summed E-state index contributed by atoms with van der Waals surface area (Å²) in [6, 6.07) is -1.45. The number of aliphatic carboxylic acids is 1. The van der Waals surface area contributed by atoms with Crippen molar-refractivity contribution in [2.75, 3.05) is 5.75 Å². The molecule has 0 aromatic heterocycles. The summed E-state index contributed by atoms with van der Waals surface area (Å²) in [7, 11) is -3.75. The molecule has 0 bridgehead atoms. The molecule has 0 radical (unpaired) electrons. The molecule has 0 spiro atoms. The van der Waals surface area contributed by atoms with Crippen molar-refractivity contribution in [1.29, 1.82) is 0 Å². The third-order valence-electron chi connectivity index (χ3n) is 3.50. The van der Waals surface area contributed by atoms with Crippen LogP contribution in [0.3, 0.4) is 0 Å². The summed E-state index contributed by atoms with van der Waals surface area (Å²) < 4.78 is 30.8. The summed E-state index contributed by atoms with van der Waals surface area (Å²) in [4.78, 5) is 22.1. The Hall–Kier alpha value is -1.15. The second-order valence-electron chi connectivity index (χ2n) is 6.58. The number of carboxylic acids is 1. The third-order valence-corrected chi connectivity index (χ3v) is 5.90. The molecule has 1 heterocycles. The number of hydrogen-bond acceptors (Lipinski definition) is 5. The number of hydrogen-bond donors (Lipinski definition) is 2. The molecular weight excluding hydrogens is 298 g/mol. The zero-order valence-electron chi connectivity index (χ0n) is 13.0. The van der Waals surface area contributed by atoms with E-state index in [9.17, 15) is 18.0 Å². The van der Waals surface area contributed by atoms with Gasteiger partial charge in [0.25, 0.3) is 0 Å². The van der Waals surface area contributed by atoms with Crippen molar-refractivity contribution >= 4 is 21.7 Å². The first-order chi connectivity index (χ1) is 9.27. The third kappa shape index (κ3) is 4.41. The molecule has 2 N–H and O–H groups in total. The van der Waals surface area contributed by atoms with Crippen LogP contribution in [-0.4, -0.2) is 53.6 Å². The molecule has 2 atom stereocenters. The van der Waals surface area contributed by atoms with Gasteiger partial charge in [0.2, 0.25) is 5.91 Å². The lowest BCUT2D eigenvalue weighted by Gasteiger charge is -2.27. The Morgan fingerprint density at radius 1 is 1.33 bits per heavy atom. The molecule has 1 unspecified atom stereocenters. The fraction of sp³-hybridized carbons (Fsp3) is 0.846. The van der Waals surface area contributed by atoms with Crippen molar-refractivity contribution in [1.82, 2.24) is 5.32 Å². The van der Waals surface area contributed by atoms with Gasteiger partial charge in [-0.3, -0.25) is 4.79 Å². The van der Waals surface area contributed by atoms with Crippen molar-refractivity contribution < 1.29 is 27.9 Å². The van der Waals surface area contributed by atoms with Crippen LogP contribution in [0.4, 0.5) is 0 Å². The number of nitrogens with one attached hydrogen (secondary N) is 1. The maximum absolute atomic E-state index is 12.5. The minimum atomic E-state index is -3.75. The van der Waals surface area contributed by atoms with Gasteiger partial charge in [0.1, 0.15) is 6.04 Å². The Bertz CT molecular complexity index is 537. The van der Waals surface area contributed by atoms with Gasteiger partial charge in [-0.2, -0.15) is 0 Å². The van der Waals surface area contributed by atoms with Gasteiger partial charge in [0.15, 0.2) is 9.84 Å². The first-order valence-electron chi connectivity index (χ1n) is 6.68. The average molecular weight is 321 g/mol. The van der Waals surface area contributed by atoms with E-state index >= 15 is 0 Å².